The van der Waals surface area contributed by atoms with E-state index in [9.17, 15) is 9.18 Å². The summed E-state index contributed by atoms with van der Waals surface area (Å²) in [6, 6.07) is 13.3. The van der Waals surface area contributed by atoms with Crippen molar-refractivity contribution in [1.29, 1.82) is 5.26 Å². The molecule has 0 bridgehead atoms. The van der Waals surface area contributed by atoms with Crippen LogP contribution in [0.2, 0.25) is 5.02 Å². The quantitative estimate of drug-likeness (QED) is 0.678. The van der Waals surface area contributed by atoms with Gasteiger partial charge in [-0.3, -0.25) is 9.69 Å². The monoisotopic (exact) mass is 423 g/mol. The van der Waals surface area contributed by atoms with Crippen molar-refractivity contribution in [3.8, 4) is 6.07 Å². The number of aromatic nitrogens is 2. The Bertz CT molecular complexity index is 1100. The van der Waals surface area contributed by atoms with Crippen molar-refractivity contribution in [2.45, 2.75) is 12.5 Å². The third-order valence-corrected chi connectivity index (χ3v) is 5.48. The number of piperazine rings is 1. The van der Waals surface area contributed by atoms with Gasteiger partial charge < -0.3 is 9.88 Å². The average molecular weight is 424 g/mol. The molecule has 8 heteroatoms. The molecule has 1 N–H and O–H groups in total. The molecule has 1 aliphatic rings. The maximum atomic E-state index is 14.5. The number of nitriles is 1. The molecule has 6 nitrogen and oxygen atoms in total. The molecule has 1 amide bonds. The molecule has 30 heavy (non-hydrogen) atoms. The number of anilines is 1. The Labute approximate surface area is 178 Å². The molecule has 2 heterocycles. The van der Waals surface area contributed by atoms with Gasteiger partial charge in [0.2, 0.25) is 5.91 Å². The van der Waals surface area contributed by atoms with Gasteiger partial charge in [0.1, 0.15) is 11.6 Å². The lowest BCUT2D eigenvalue weighted by Crippen LogP contribution is -2.52. The van der Waals surface area contributed by atoms with E-state index in [1.165, 1.54) is 6.07 Å². The van der Waals surface area contributed by atoms with Crippen LogP contribution in [0.4, 0.5) is 10.1 Å². The van der Waals surface area contributed by atoms with Crippen LogP contribution in [-0.2, 0) is 11.2 Å². The largest absolute Gasteiger partial charge is 0.347 e. The van der Waals surface area contributed by atoms with Gasteiger partial charge in [-0.05, 0) is 42.3 Å². The van der Waals surface area contributed by atoms with Crippen LogP contribution in [0.15, 0.2) is 54.9 Å². The fourth-order valence-corrected chi connectivity index (χ4v) is 3.91. The zero-order valence-corrected chi connectivity index (χ0v) is 16.8. The molecule has 1 unspecified atom stereocenters. The molecule has 1 atom stereocenters. The van der Waals surface area contributed by atoms with E-state index < -0.39 is 5.82 Å². The van der Waals surface area contributed by atoms with Gasteiger partial charge >= 0.3 is 0 Å². The summed E-state index contributed by atoms with van der Waals surface area (Å²) >= 11 is 6.07. The van der Waals surface area contributed by atoms with Gasteiger partial charge in [-0.1, -0.05) is 23.7 Å². The minimum atomic E-state index is -0.436. The zero-order chi connectivity index (χ0) is 21.1. The van der Waals surface area contributed by atoms with E-state index in [0.29, 0.717) is 35.9 Å². The van der Waals surface area contributed by atoms with Gasteiger partial charge in [0.05, 0.1) is 24.2 Å². The average Bonchev–Trinajstić information content (AvgIpc) is 3.27. The summed E-state index contributed by atoms with van der Waals surface area (Å²) in [6.45, 7) is 1.27. The lowest BCUT2D eigenvalue weighted by atomic mass is 10.0. The smallest absolute Gasteiger partial charge is 0.241 e. The SMILES string of the molecule is N#Cc1ccc(CC(c2ncc[nH]2)N2CCN(c3cccc(Cl)c3)C(=O)C2)c(F)c1. The van der Waals surface area contributed by atoms with Gasteiger partial charge in [0.25, 0.3) is 0 Å². The molecular formula is C22H19ClFN5O. The zero-order valence-electron chi connectivity index (χ0n) is 16.1. The minimum absolute atomic E-state index is 0.0552. The van der Waals surface area contributed by atoms with Gasteiger partial charge in [-0.25, -0.2) is 9.37 Å². The van der Waals surface area contributed by atoms with Crippen molar-refractivity contribution < 1.29 is 9.18 Å². The van der Waals surface area contributed by atoms with Crippen LogP contribution in [-0.4, -0.2) is 40.4 Å². The molecule has 0 saturated carbocycles. The highest BCUT2D eigenvalue weighted by Gasteiger charge is 2.32. The second-order valence-electron chi connectivity index (χ2n) is 7.11. The van der Waals surface area contributed by atoms with Crippen LogP contribution >= 0.6 is 11.6 Å². The van der Waals surface area contributed by atoms with Gasteiger partial charge in [-0.15, -0.1) is 0 Å². The number of amides is 1. The van der Waals surface area contributed by atoms with E-state index in [4.69, 9.17) is 16.9 Å². The molecule has 2 aromatic carbocycles. The van der Waals surface area contributed by atoms with Crippen LogP contribution < -0.4 is 4.90 Å². The topological polar surface area (TPSA) is 76.0 Å². The highest BCUT2D eigenvalue weighted by Crippen LogP contribution is 2.28. The second kappa shape index (κ2) is 8.66. The first-order chi connectivity index (χ1) is 14.5. The summed E-state index contributed by atoms with van der Waals surface area (Å²) < 4.78 is 14.5. The number of carbonyl (C=O) groups is 1. The standard InChI is InChI=1S/C22H19ClFN5O/c23-17-2-1-3-18(12-17)29-9-8-28(14-21(29)30)20(22-26-6-7-27-22)11-16-5-4-15(13-25)10-19(16)24/h1-7,10,12,20H,8-9,11,14H2,(H,26,27). The normalized spacial score (nSPS) is 15.8. The van der Waals surface area contributed by atoms with E-state index in [-0.39, 0.29) is 24.1 Å². The molecular weight excluding hydrogens is 405 g/mol. The van der Waals surface area contributed by atoms with Gasteiger partial charge in [0.15, 0.2) is 0 Å². The summed E-state index contributed by atoms with van der Waals surface area (Å²) in [5, 5.41) is 9.54. The molecule has 0 radical (unpaired) electrons. The first kappa shape index (κ1) is 20.1. The van der Waals surface area contributed by atoms with Crippen LogP contribution in [0.1, 0.15) is 23.0 Å². The Balaban J connectivity index is 1.56. The number of hydrogen-bond acceptors (Lipinski definition) is 4. The maximum Gasteiger partial charge on any atom is 0.241 e. The predicted octanol–water partition coefficient (Wildman–Crippen LogP) is 3.71. The number of nitrogens with one attached hydrogen (secondary N) is 1. The number of rotatable bonds is 5. The van der Waals surface area contributed by atoms with E-state index in [2.05, 4.69) is 9.97 Å². The van der Waals surface area contributed by atoms with Crippen LogP contribution in [0.5, 0.6) is 0 Å². The summed E-state index contributed by atoms with van der Waals surface area (Å²) in [4.78, 5) is 24.0. The molecule has 152 valence electrons. The van der Waals surface area contributed by atoms with Crippen molar-refractivity contribution in [2.75, 3.05) is 24.5 Å². The molecule has 1 saturated heterocycles. The van der Waals surface area contributed by atoms with Crippen molar-refractivity contribution in [3.05, 3.63) is 82.6 Å². The fraction of sp³-hybridized carbons (Fsp3) is 0.227. The number of aromatic amines is 1. The van der Waals surface area contributed by atoms with Gasteiger partial charge in [-0.2, -0.15) is 5.26 Å². The number of carbonyl (C=O) groups excluding carboxylic acids is 1. The van der Waals surface area contributed by atoms with E-state index in [0.717, 1.165) is 5.69 Å². The molecule has 1 aliphatic heterocycles. The third-order valence-electron chi connectivity index (χ3n) is 5.24. The summed E-state index contributed by atoms with van der Waals surface area (Å²) in [5.74, 6) is 0.178. The van der Waals surface area contributed by atoms with Crippen molar-refractivity contribution in [1.82, 2.24) is 14.9 Å². The molecule has 3 aromatic rings. The number of halogens is 2. The third kappa shape index (κ3) is 4.20. The Hall–Kier alpha value is -3.21. The fourth-order valence-electron chi connectivity index (χ4n) is 3.72. The molecule has 0 aliphatic carbocycles. The summed E-state index contributed by atoms with van der Waals surface area (Å²) in [6.07, 6.45) is 3.68. The van der Waals surface area contributed by atoms with Crippen molar-refractivity contribution in [2.24, 2.45) is 0 Å². The Kier molecular flexibility index (Phi) is 5.79. The summed E-state index contributed by atoms with van der Waals surface area (Å²) in [7, 11) is 0. The maximum absolute atomic E-state index is 14.5. The molecule has 0 spiro atoms. The second-order valence-corrected chi connectivity index (χ2v) is 7.54. The lowest BCUT2D eigenvalue weighted by Gasteiger charge is -2.38. The Morgan fingerprint density at radius 2 is 2.13 bits per heavy atom. The number of hydrogen-bond donors (Lipinski definition) is 1. The summed E-state index contributed by atoms with van der Waals surface area (Å²) in [5.41, 5.74) is 1.51. The molecule has 1 fully saturated rings. The van der Waals surface area contributed by atoms with E-state index >= 15 is 0 Å². The minimum Gasteiger partial charge on any atom is -0.347 e. The highest BCUT2D eigenvalue weighted by atomic mass is 35.5. The number of benzene rings is 2. The number of H-pyrrole nitrogens is 1. The predicted molar refractivity (Wildman–Crippen MR) is 112 cm³/mol. The van der Waals surface area contributed by atoms with E-state index in [1.807, 2.05) is 23.1 Å². The van der Waals surface area contributed by atoms with Crippen molar-refractivity contribution >= 4 is 23.2 Å². The van der Waals surface area contributed by atoms with E-state index in [1.54, 1.807) is 41.6 Å². The van der Waals surface area contributed by atoms with Gasteiger partial charge in [0, 0.05) is 36.2 Å². The highest BCUT2D eigenvalue weighted by molar-refractivity contribution is 6.30. The number of nitrogens with zero attached hydrogens (tertiary/aromatic N) is 4. The number of imidazole rings is 1. The first-order valence-corrected chi connectivity index (χ1v) is 9.91. The first-order valence-electron chi connectivity index (χ1n) is 9.53. The van der Waals surface area contributed by atoms with Crippen LogP contribution in [0.3, 0.4) is 0 Å². The van der Waals surface area contributed by atoms with Crippen LogP contribution in [0, 0.1) is 17.1 Å². The Morgan fingerprint density at radius 1 is 1.27 bits per heavy atom. The van der Waals surface area contributed by atoms with Crippen molar-refractivity contribution in [3.63, 3.8) is 0 Å². The lowest BCUT2D eigenvalue weighted by molar-refractivity contribution is -0.122. The molecule has 4 rings (SSSR count). The molecule has 1 aromatic heterocycles. The van der Waals surface area contributed by atoms with Crippen LogP contribution in [0.25, 0.3) is 0 Å². The Morgan fingerprint density at radius 3 is 2.80 bits per heavy atom.